The largest absolute Gasteiger partial charge is 0.317 e. The minimum atomic E-state index is -0.289. The first kappa shape index (κ1) is 17.5. The highest BCUT2D eigenvalue weighted by atomic mass is 32.2. The number of rotatable bonds is 6. The minimum Gasteiger partial charge on any atom is -0.310 e. The molecule has 1 aromatic carbocycles. The zero-order chi connectivity index (χ0) is 18.6. The van der Waals surface area contributed by atoms with Crippen LogP contribution in [0.15, 0.2) is 70.3 Å². The average Bonchev–Trinajstić information content (AvgIpc) is 3.37. The van der Waals surface area contributed by atoms with Gasteiger partial charge in [0.1, 0.15) is 0 Å². The average molecular weight is 397 g/mol. The lowest BCUT2D eigenvalue weighted by molar-refractivity contribution is 0.533. The van der Waals surface area contributed by atoms with Gasteiger partial charge in [0, 0.05) is 29.7 Å². The van der Waals surface area contributed by atoms with Crippen LogP contribution in [-0.2, 0) is 5.75 Å². The molecular weight excluding hydrogens is 380 g/mol. The zero-order valence-electron chi connectivity index (χ0n) is 14.4. The summed E-state index contributed by atoms with van der Waals surface area (Å²) in [5, 5.41) is 14.2. The number of aryl methyl sites for hydroxylation is 1. The quantitative estimate of drug-likeness (QED) is 0.502. The first-order valence-electron chi connectivity index (χ1n) is 8.19. The molecule has 0 amide bonds. The molecule has 136 valence electrons. The van der Waals surface area contributed by atoms with Crippen LogP contribution in [0.3, 0.4) is 0 Å². The fourth-order valence-corrected chi connectivity index (χ4v) is 3.83. The van der Waals surface area contributed by atoms with E-state index in [0.717, 1.165) is 5.56 Å². The molecule has 0 aliphatic carbocycles. The first-order chi connectivity index (χ1) is 13.2. The third-order valence-corrected chi connectivity index (χ3v) is 5.46. The van der Waals surface area contributed by atoms with E-state index < -0.39 is 0 Å². The summed E-state index contributed by atoms with van der Waals surface area (Å²) in [6.45, 7) is 2.06. The molecule has 4 rings (SSSR count). The van der Waals surface area contributed by atoms with Gasteiger partial charge < -0.3 is 5.32 Å². The van der Waals surface area contributed by atoms with Gasteiger partial charge in [-0.15, -0.1) is 21.5 Å². The minimum absolute atomic E-state index is 0.137. The number of nitrogens with one attached hydrogen (secondary N) is 1. The zero-order valence-corrected chi connectivity index (χ0v) is 16.1. The van der Waals surface area contributed by atoms with Crippen LogP contribution in [0.4, 0.5) is 10.9 Å². The van der Waals surface area contributed by atoms with Gasteiger partial charge in [-0.3, -0.25) is 9.47 Å². The number of thioether (sulfide) groups is 1. The van der Waals surface area contributed by atoms with Crippen molar-refractivity contribution in [2.24, 2.45) is 0 Å². The summed E-state index contributed by atoms with van der Waals surface area (Å²) in [6.07, 6.45) is 5.26. The van der Waals surface area contributed by atoms with Crippen LogP contribution in [0.25, 0.3) is 0 Å². The molecule has 0 spiro atoms. The van der Waals surface area contributed by atoms with E-state index in [1.165, 1.54) is 33.3 Å². The van der Waals surface area contributed by atoms with Crippen molar-refractivity contribution < 1.29 is 0 Å². The van der Waals surface area contributed by atoms with Crippen LogP contribution >= 0.6 is 23.1 Å². The second kappa shape index (κ2) is 7.77. The Morgan fingerprint density at radius 1 is 1.15 bits per heavy atom. The molecule has 0 radical (unpaired) electrons. The van der Waals surface area contributed by atoms with Crippen LogP contribution < -0.4 is 10.9 Å². The molecule has 7 nitrogen and oxygen atoms in total. The molecule has 0 saturated heterocycles. The number of hydrogen-bond acceptors (Lipinski definition) is 7. The van der Waals surface area contributed by atoms with Crippen LogP contribution in [-0.4, -0.2) is 24.5 Å². The Balaban J connectivity index is 1.67. The van der Waals surface area contributed by atoms with Gasteiger partial charge in [-0.1, -0.05) is 41.6 Å². The van der Waals surface area contributed by atoms with Gasteiger partial charge >= 0.3 is 5.56 Å². The van der Waals surface area contributed by atoms with Gasteiger partial charge in [-0.2, -0.15) is 4.68 Å². The number of aromatic nitrogens is 5. The van der Waals surface area contributed by atoms with E-state index in [2.05, 4.69) is 51.7 Å². The third kappa shape index (κ3) is 3.93. The molecule has 0 aliphatic heterocycles. The maximum Gasteiger partial charge on any atom is 0.317 e. The number of anilines is 2. The molecule has 0 fully saturated rings. The van der Waals surface area contributed by atoms with Crippen molar-refractivity contribution in [1.82, 2.24) is 24.5 Å². The lowest BCUT2D eigenvalue weighted by Crippen LogP contribution is -2.30. The summed E-state index contributed by atoms with van der Waals surface area (Å²) >= 11 is 2.86. The van der Waals surface area contributed by atoms with Gasteiger partial charge in [0.05, 0.1) is 0 Å². The van der Waals surface area contributed by atoms with Gasteiger partial charge in [0.2, 0.25) is 11.0 Å². The Kier molecular flexibility index (Phi) is 5.03. The summed E-state index contributed by atoms with van der Waals surface area (Å²) in [7, 11) is 0. The Morgan fingerprint density at radius 3 is 2.63 bits per heavy atom. The van der Waals surface area contributed by atoms with Crippen molar-refractivity contribution in [2.45, 2.75) is 17.8 Å². The molecule has 9 heteroatoms. The molecule has 27 heavy (non-hydrogen) atoms. The molecule has 0 unspecified atom stereocenters. The number of benzene rings is 1. The van der Waals surface area contributed by atoms with E-state index in [9.17, 15) is 4.79 Å². The van der Waals surface area contributed by atoms with E-state index in [1.54, 1.807) is 23.3 Å². The smallest absolute Gasteiger partial charge is 0.310 e. The molecule has 0 bridgehead atoms. The summed E-state index contributed by atoms with van der Waals surface area (Å²) in [5.74, 6) is 0.827. The molecule has 0 saturated carbocycles. The molecule has 3 heterocycles. The first-order valence-corrected chi connectivity index (χ1v) is 10.1. The molecule has 3 aromatic heterocycles. The SMILES string of the molecule is Cc1ccc(CSc2nnc(Nc3nccs3)c(=O)n2-n2cccc2)cc1. The maximum atomic E-state index is 13.0. The predicted molar refractivity (Wildman–Crippen MR) is 108 cm³/mol. The topological polar surface area (TPSA) is 77.6 Å². The van der Waals surface area contributed by atoms with Crippen molar-refractivity contribution in [3.05, 3.63) is 81.8 Å². The predicted octanol–water partition coefficient (Wildman–Crippen LogP) is 3.55. The van der Waals surface area contributed by atoms with Gasteiger partial charge in [-0.05, 0) is 24.6 Å². The van der Waals surface area contributed by atoms with E-state index in [0.29, 0.717) is 16.0 Å². The number of thiazole rings is 1. The fraction of sp³-hybridized carbons (Fsp3) is 0.111. The third-order valence-electron chi connectivity index (χ3n) is 3.78. The highest BCUT2D eigenvalue weighted by Gasteiger charge is 2.15. The number of hydrogen-bond donors (Lipinski definition) is 1. The van der Waals surface area contributed by atoms with Crippen molar-refractivity contribution in [1.29, 1.82) is 0 Å². The van der Waals surface area contributed by atoms with Crippen molar-refractivity contribution in [3.63, 3.8) is 0 Å². The molecule has 0 aliphatic rings. The summed E-state index contributed by atoms with van der Waals surface area (Å²) in [6, 6.07) is 12.0. The van der Waals surface area contributed by atoms with Gasteiger partial charge in [0.25, 0.3) is 0 Å². The Hall–Kier alpha value is -2.91. The molecular formula is C18H16N6OS2. The standard InChI is InChI=1S/C18H16N6OS2/c1-13-4-6-14(7-5-13)12-27-18-22-21-15(20-17-19-8-11-26-17)16(25)24(18)23-9-2-3-10-23/h2-11H,12H2,1H3,(H,19,20,21). The summed E-state index contributed by atoms with van der Waals surface area (Å²) in [5.41, 5.74) is 2.08. The second-order valence-electron chi connectivity index (χ2n) is 5.75. The number of nitrogens with zero attached hydrogens (tertiary/aromatic N) is 5. The Bertz CT molecular complexity index is 1070. The lowest BCUT2D eigenvalue weighted by atomic mass is 10.2. The normalized spacial score (nSPS) is 10.9. The Morgan fingerprint density at radius 2 is 1.93 bits per heavy atom. The highest BCUT2D eigenvalue weighted by Crippen LogP contribution is 2.21. The van der Waals surface area contributed by atoms with E-state index in [1.807, 2.05) is 17.5 Å². The van der Waals surface area contributed by atoms with Crippen LogP contribution in [0.1, 0.15) is 11.1 Å². The van der Waals surface area contributed by atoms with E-state index in [4.69, 9.17) is 0 Å². The van der Waals surface area contributed by atoms with Gasteiger partial charge in [-0.25, -0.2) is 4.98 Å². The fourth-order valence-electron chi connectivity index (χ4n) is 2.41. The lowest BCUT2D eigenvalue weighted by Gasteiger charge is -2.13. The monoisotopic (exact) mass is 396 g/mol. The summed E-state index contributed by atoms with van der Waals surface area (Å²) < 4.78 is 3.20. The van der Waals surface area contributed by atoms with Crippen molar-refractivity contribution in [2.75, 3.05) is 5.32 Å². The molecule has 0 atom stereocenters. The molecule has 1 N–H and O–H groups in total. The van der Waals surface area contributed by atoms with Gasteiger partial charge in [0.15, 0.2) is 5.13 Å². The molecule has 4 aromatic rings. The van der Waals surface area contributed by atoms with E-state index >= 15 is 0 Å². The summed E-state index contributed by atoms with van der Waals surface area (Å²) in [4.78, 5) is 17.1. The highest BCUT2D eigenvalue weighted by molar-refractivity contribution is 7.98. The second-order valence-corrected chi connectivity index (χ2v) is 7.58. The van der Waals surface area contributed by atoms with Crippen LogP contribution in [0, 0.1) is 6.92 Å². The Labute approximate surface area is 163 Å². The van der Waals surface area contributed by atoms with Crippen LogP contribution in [0.2, 0.25) is 0 Å². The van der Waals surface area contributed by atoms with E-state index in [-0.39, 0.29) is 11.4 Å². The van der Waals surface area contributed by atoms with Crippen LogP contribution in [0.5, 0.6) is 0 Å². The van der Waals surface area contributed by atoms with Crippen molar-refractivity contribution in [3.8, 4) is 0 Å². The van der Waals surface area contributed by atoms with Crippen molar-refractivity contribution >= 4 is 34.0 Å². The maximum absolute atomic E-state index is 13.0.